The molecule has 0 N–H and O–H groups in total. The Labute approximate surface area is 143 Å². The van der Waals surface area contributed by atoms with Gasteiger partial charge < -0.3 is 4.74 Å². The molecule has 0 saturated heterocycles. The molecule has 0 aliphatic rings. The van der Waals surface area contributed by atoms with Gasteiger partial charge in [0.25, 0.3) is 0 Å². The largest absolute Gasteiger partial charge is 0.451 e. The molecule has 0 fully saturated rings. The number of tetrazole rings is 1. The minimum Gasteiger partial charge on any atom is -0.451 e. The topological polar surface area (TPSA) is 69.9 Å². The zero-order chi connectivity index (χ0) is 17.6. The van der Waals surface area contributed by atoms with Crippen molar-refractivity contribution >= 4 is 12.0 Å². The maximum absolute atomic E-state index is 12.9. The minimum absolute atomic E-state index is 0.332. The molecule has 7 heteroatoms. The Kier molecular flexibility index (Phi) is 4.94. The van der Waals surface area contributed by atoms with Crippen LogP contribution < -0.4 is 0 Å². The minimum atomic E-state index is -0.638. The summed E-state index contributed by atoms with van der Waals surface area (Å²) in [5.41, 5.74) is 1.47. The van der Waals surface area contributed by atoms with Crippen molar-refractivity contribution in [2.24, 2.45) is 0 Å². The van der Waals surface area contributed by atoms with Crippen molar-refractivity contribution in [3.8, 4) is 5.69 Å². The lowest BCUT2D eigenvalue weighted by Crippen LogP contribution is -2.12. The van der Waals surface area contributed by atoms with Gasteiger partial charge in [-0.1, -0.05) is 30.3 Å². The molecule has 0 aliphatic heterocycles. The van der Waals surface area contributed by atoms with Gasteiger partial charge in [-0.2, -0.15) is 4.68 Å². The van der Waals surface area contributed by atoms with Gasteiger partial charge in [0.15, 0.2) is 11.9 Å². The summed E-state index contributed by atoms with van der Waals surface area (Å²) in [6, 6.07) is 15.1. The molecule has 0 aliphatic carbocycles. The molecule has 2 aromatic carbocycles. The SMILES string of the molecule is CC(OC(=O)/C=C/c1ccc(F)cc1)c1nnnn1-c1ccccc1. The first kappa shape index (κ1) is 16.5. The first-order valence-electron chi connectivity index (χ1n) is 7.61. The van der Waals surface area contributed by atoms with E-state index in [1.54, 1.807) is 25.1 Å². The Morgan fingerprint density at radius 3 is 2.60 bits per heavy atom. The fraction of sp³-hybridized carbons (Fsp3) is 0.111. The van der Waals surface area contributed by atoms with E-state index in [1.807, 2.05) is 30.3 Å². The standard InChI is InChI=1S/C18H15FN4O2/c1-13(18-20-21-22-23(18)16-5-3-2-4-6-16)25-17(24)12-9-14-7-10-15(19)11-8-14/h2-13H,1H3/b12-9+. The van der Waals surface area contributed by atoms with Crippen LogP contribution in [-0.4, -0.2) is 26.2 Å². The van der Waals surface area contributed by atoms with Gasteiger partial charge in [-0.15, -0.1) is 5.10 Å². The lowest BCUT2D eigenvalue weighted by molar-refractivity contribution is -0.142. The van der Waals surface area contributed by atoms with Crippen LogP contribution in [0.25, 0.3) is 11.8 Å². The highest BCUT2D eigenvalue weighted by Gasteiger charge is 2.18. The summed E-state index contributed by atoms with van der Waals surface area (Å²) in [5.74, 6) is -0.463. The van der Waals surface area contributed by atoms with E-state index in [0.29, 0.717) is 11.4 Å². The molecule has 25 heavy (non-hydrogen) atoms. The molecule has 1 heterocycles. The molecular weight excluding hydrogens is 323 g/mol. The smallest absolute Gasteiger partial charge is 0.331 e. The van der Waals surface area contributed by atoms with E-state index < -0.39 is 12.1 Å². The molecule has 1 atom stereocenters. The second-order valence-corrected chi connectivity index (χ2v) is 5.25. The summed E-state index contributed by atoms with van der Waals surface area (Å²) in [6.45, 7) is 1.69. The Morgan fingerprint density at radius 1 is 1.16 bits per heavy atom. The van der Waals surface area contributed by atoms with Crippen LogP contribution in [0.15, 0.2) is 60.7 Å². The van der Waals surface area contributed by atoms with Crippen molar-refractivity contribution < 1.29 is 13.9 Å². The van der Waals surface area contributed by atoms with Gasteiger partial charge in [-0.05, 0) is 53.3 Å². The number of halogens is 1. The van der Waals surface area contributed by atoms with Crippen molar-refractivity contribution in [2.45, 2.75) is 13.0 Å². The summed E-state index contributed by atoms with van der Waals surface area (Å²) in [7, 11) is 0. The van der Waals surface area contributed by atoms with Gasteiger partial charge in [-0.3, -0.25) is 0 Å². The van der Waals surface area contributed by atoms with Gasteiger partial charge in [0, 0.05) is 6.08 Å². The van der Waals surface area contributed by atoms with E-state index in [1.165, 1.54) is 22.9 Å². The van der Waals surface area contributed by atoms with Crippen molar-refractivity contribution in [1.29, 1.82) is 0 Å². The molecule has 0 saturated carbocycles. The summed E-state index contributed by atoms with van der Waals surface area (Å²) >= 11 is 0. The summed E-state index contributed by atoms with van der Waals surface area (Å²) in [6.07, 6.45) is 2.19. The fourth-order valence-electron chi connectivity index (χ4n) is 2.20. The number of aromatic nitrogens is 4. The number of carbonyl (C=O) groups excluding carboxylic acids is 1. The van der Waals surface area contributed by atoms with E-state index in [0.717, 1.165) is 5.69 Å². The number of rotatable bonds is 5. The molecule has 126 valence electrons. The number of hydrogen-bond acceptors (Lipinski definition) is 5. The monoisotopic (exact) mass is 338 g/mol. The average Bonchev–Trinajstić information content (AvgIpc) is 3.12. The molecule has 3 aromatic rings. The number of nitrogens with zero attached hydrogens (tertiary/aromatic N) is 4. The Bertz CT molecular complexity index is 876. The zero-order valence-corrected chi connectivity index (χ0v) is 13.4. The third-order valence-corrected chi connectivity index (χ3v) is 3.43. The summed E-state index contributed by atoms with van der Waals surface area (Å²) < 4.78 is 19.7. The van der Waals surface area contributed by atoms with E-state index in [-0.39, 0.29) is 5.82 Å². The number of esters is 1. The Morgan fingerprint density at radius 2 is 1.88 bits per heavy atom. The first-order chi connectivity index (χ1) is 12.1. The molecule has 1 unspecified atom stereocenters. The lowest BCUT2D eigenvalue weighted by Gasteiger charge is -2.11. The predicted octanol–water partition coefficient (Wildman–Crippen LogP) is 3.12. The third-order valence-electron chi connectivity index (χ3n) is 3.43. The van der Waals surface area contributed by atoms with Gasteiger partial charge in [0.1, 0.15) is 5.82 Å². The predicted molar refractivity (Wildman–Crippen MR) is 89.1 cm³/mol. The molecule has 6 nitrogen and oxygen atoms in total. The summed E-state index contributed by atoms with van der Waals surface area (Å²) in [4.78, 5) is 12.0. The van der Waals surface area contributed by atoms with Crippen molar-refractivity contribution in [2.75, 3.05) is 0 Å². The van der Waals surface area contributed by atoms with Crippen molar-refractivity contribution in [3.05, 3.63) is 77.9 Å². The summed E-state index contributed by atoms with van der Waals surface area (Å²) in [5, 5.41) is 11.5. The molecular formula is C18H15FN4O2. The molecule has 0 amide bonds. The van der Waals surface area contributed by atoms with Crippen molar-refractivity contribution in [1.82, 2.24) is 20.2 Å². The number of ether oxygens (including phenoxy) is 1. The van der Waals surface area contributed by atoms with E-state index >= 15 is 0 Å². The molecule has 3 rings (SSSR count). The highest BCUT2D eigenvalue weighted by atomic mass is 19.1. The van der Waals surface area contributed by atoms with Crippen LogP contribution in [0.3, 0.4) is 0 Å². The lowest BCUT2D eigenvalue weighted by atomic mass is 10.2. The number of benzene rings is 2. The van der Waals surface area contributed by atoms with Gasteiger partial charge in [0.2, 0.25) is 0 Å². The Hall–Kier alpha value is -3.35. The molecule has 0 bridgehead atoms. The highest BCUT2D eigenvalue weighted by Crippen LogP contribution is 2.17. The number of carbonyl (C=O) groups is 1. The van der Waals surface area contributed by atoms with Crippen LogP contribution in [0.5, 0.6) is 0 Å². The van der Waals surface area contributed by atoms with Crippen LogP contribution in [0.2, 0.25) is 0 Å². The normalized spacial score (nSPS) is 12.2. The third kappa shape index (κ3) is 4.14. The highest BCUT2D eigenvalue weighted by molar-refractivity contribution is 5.87. The Balaban J connectivity index is 1.68. The zero-order valence-electron chi connectivity index (χ0n) is 13.4. The molecule has 0 radical (unpaired) electrons. The molecule has 1 aromatic heterocycles. The number of hydrogen-bond donors (Lipinski definition) is 0. The van der Waals surface area contributed by atoms with Crippen LogP contribution in [0.4, 0.5) is 4.39 Å². The van der Waals surface area contributed by atoms with Crippen LogP contribution in [-0.2, 0) is 9.53 Å². The van der Waals surface area contributed by atoms with Crippen LogP contribution in [0.1, 0.15) is 24.4 Å². The van der Waals surface area contributed by atoms with Gasteiger partial charge in [-0.25, -0.2) is 9.18 Å². The fourth-order valence-corrected chi connectivity index (χ4v) is 2.20. The van der Waals surface area contributed by atoms with Gasteiger partial charge >= 0.3 is 5.97 Å². The van der Waals surface area contributed by atoms with E-state index in [2.05, 4.69) is 15.5 Å². The van der Waals surface area contributed by atoms with E-state index in [4.69, 9.17) is 4.74 Å². The first-order valence-corrected chi connectivity index (χ1v) is 7.61. The van der Waals surface area contributed by atoms with Gasteiger partial charge in [0.05, 0.1) is 5.69 Å². The van der Waals surface area contributed by atoms with Crippen LogP contribution >= 0.6 is 0 Å². The van der Waals surface area contributed by atoms with E-state index in [9.17, 15) is 9.18 Å². The maximum Gasteiger partial charge on any atom is 0.331 e. The van der Waals surface area contributed by atoms with Crippen molar-refractivity contribution in [3.63, 3.8) is 0 Å². The maximum atomic E-state index is 12.9. The number of para-hydroxylation sites is 1. The quantitative estimate of drug-likeness (QED) is 0.528. The molecule has 0 spiro atoms. The second kappa shape index (κ2) is 7.48. The average molecular weight is 338 g/mol. The van der Waals surface area contributed by atoms with Crippen LogP contribution in [0, 0.1) is 5.82 Å². The second-order valence-electron chi connectivity index (χ2n) is 5.25.